The smallest absolute Gasteiger partial charge is 0.462 e. The minimum absolute atomic E-state index is 0.101. The van der Waals surface area contributed by atoms with Crippen LogP contribution in [0.4, 0.5) is 0 Å². The van der Waals surface area contributed by atoms with Crippen LogP contribution in [0.15, 0.2) is 24.3 Å². The fourth-order valence-corrected chi connectivity index (χ4v) is 12.9. The molecular weight excluding hydrogens is 1260 g/mol. The van der Waals surface area contributed by atoms with Crippen molar-refractivity contribution in [2.24, 2.45) is 11.8 Å². The number of rotatable bonds is 74. The first-order chi connectivity index (χ1) is 46.4. The van der Waals surface area contributed by atoms with Crippen LogP contribution in [0.2, 0.25) is 0 Å². The molecule has 0 saturated carbocycles. The maximum atomic E-state index is 13.1. The Hall–Kier alpha value is -2.46. The van der Waals surface area contributed by atoms with Crippen LogP contribution >= 0.6 is 15.6 Å². The Morgan fingerprint density at radius 2 is 0.562 bits per heavy atom. The molecule has 2 unspecified atom stereocenters. The highest BCUT2D eigenvalue weighted by Crippen LogP contribution is 2.45. The molecule has 3 N–H and O–H groups in total. The molecule has 0 aliphatic carbocycles. The molecule has 19 heteroatoms. The molecule has 0 radical (unpaired) electrons. The van der Waals surface area contributed by atoms with E-state index in [9.17, 15) is 43.2 Å². The second kappa shape index (κ2) is 68.3. The summed E-state index contributed by atoms with van der Waals surface area (Å²) in [6, 6.07) is 0. The quantitative estimate of drug-likeness (QED) is 0.0169. The Balaban J connectivity index is 5.27. The van der Waals surface area contributed by atoms with Gasteiger partial charge in [0.15, 0.2) is 12.2 Å². The molecule has 0 heterocycles. The topological polar surface area (TPSA) is 237 Å². The van der Waals surface area contributed by atoms with Crippen molar-refractivity contribution in [2.45, 2.75) is 394 Å². The van der Waals surface area contributed by atoms with Crippen LogP contribution in [0.1, 0.15) is 375 Å². The van der Waals surface area contributed by atoms with E-state index in [1.165, 1.54) is 173 Å². The van der Waals surface area contributed by atoms with Gasteiger partial charge in [0.25, 0.3) is 0 Å². The number of hydrogen-bond acceptors (Lipinski definition) is 15. The number of carbonyl (C=O) groups excluding carboxylic acids is 4. The van der Waals surface area contributed by atoms with E-state index >= 15 is 0 Å². The molecule has 0 amide bonds. The molecule has 0 aromatic heterocycles. The second-order valence-corrected chi connectivity index (χ2v) is 30.9. The fourth-order valence-electron chi connectivity index (χ4n) is 11.3. The first-order valence-electron chi connectivity index (χ1n) is 39.3. The lowest BCUT2D eigenvalue weighted by Gasteiger charge is -2.21. The van der Waals surface area contributed by atoms with Gasteiger partial charge < -0.3 is 33.8 Å². The lowest BCUT2D eigenvalue weighted by atomic mass is 10.0. The van der Waals surface area contributed by atoms with Gasteiger partial charge in [-0.05, 0) is 63.2 Å². The van der Waals surface area contributed by atoms with Gasteiger partial charge in [-0.15, -0.1) is 0 Å². The Morgan fingerprint density at radius 1 is 0.323 bits per heavy atom. The van der Waals surface area contributed by atoms with Crippen LogP contribution in [0.3, 0.4) is 0 Å². The van der Waals surface area contributed by atoms with Crippen molar-refractivity contribution in [2.75, 3.05) is 39.6 Å². The van der Waals surface area contributed by atoms with Crippen molar-refractivity contribution in [3.63, 3.8) is 0 Å². The van der Waals surface area contributed by atoms with E-state index < -0.39 is 97.5 Å². The van der Waals surface area contributed by atoms with Crippen molar-refractivity contribution in [1.29, 1.82) is 0 Å². The number of esters is 4. The van der Waals surface area contributed by atoms with E-state index in [2.05, 4.69) is 65.8 Å². The highest BCUT2D eigenvalue weighted by molar-refractivity contribution is 7.47. The molecule has 0 spiro atoms. The molecule has 566 valence electrons. The zero-order valence-corrected chi connectivity index (χ0v) is 63.9. The van der Waals surface area contributed by atoms with Gasteiger partial charge >= 0.3 is 39.5 Å². The van der Waals surface area contributed by atoms with E-state index in [0.717, 1.165) is 115 Å². The standard InChI is InChI=1S/C77H146O17P2/c1-7-9-11-13-15-17-19-20-23-27-31-35-42-48-54-60-75(80)88-65-72(93-76(81)61-55-49-43-36-32-28-25-22-21-24-26-30-33-39-45-51-57-69(3)4)67-91-95(83,84)89-63-71(78)64-90-96(85,86)92-68-73(94-77(82)62-56-50-44-38-37-40-46-52-58-70(5)6)66-87-74(79)59-53-47-41-34-29-18-16-14-12-10-8-2/h17,19-20,23,69-73,78H,7-16,18,21-22,24-68H2,1-6H3,(H,83,84)(H,85,86)/b19-17-,23-20-/t71-,72-,73-/m1/s1. The number of hydrogen-bond donors (Lipinski definition) is 3. The fraction of sp³-hybridized carbons (Fsp3) is 0.896. The van der Waals surface area contributed by atoms with Gasteiger partial charge in [-0.25, -0.2) is 9.13 Å². The molecule has 0 aromatic carbocycles. The van der Waals surface area contributed by atoms with Gasteiger partial charge in [-0.2, -0.15) is 0 Å². The largest absolute Gasteiger partial charge is 0.472 e. The number of phosphoric ester groups is 2. The summed E-state index contributed by atoms with van der Waals surface area (Å²) in [6.45, 7) is 9.52. The van der Waals surface area contributed by atoms with E-state index in [4.69, 9.17) is 37.0 Å². The van der Waals surface area contributed by atoms with Gasteiger partial charge in [-0.3, -0.25) is 37.3 Å². The zero-order chi connectivity index (χ0) is 70.7. The molecule has 0 saturated heterocycles. The Kier molecular flexibility index (Phi) is 66.6. The summed E-state index contributed by atoms with van der Waals surface area (Å²) in [5.41, 5.74) is 0. The minimum atomic E-state index is -4.97. The highest BCUT2D eigenvalue weighted by Gasteiger charge is 2.30. The second-order valence-electron chi connectivity index (χ2n) is 28.0. The van der Waals surface area contributed by atoms with Gasteiger partial charge in [0, 0.05) is 25.7 Å². The minimum Gasteiger partial charge on any atom is -0.462 e. The molecule has 17 nitrogen and oxygen atoms in total. The summed E-state index contributed by atoms with van der Waals surface area (Å²) in [4.78, 5) is 72.8. The number of aliphatic hydroxyl groups excluding tert-OH is 1. The lowest BCUT2D eigenvalue weighted by Crippen LogP contribution is -2.30. The molecule has 0 aliphatic heterocycles. The van der Waals surface area contributed by atoms with E-state index in [1.807, 2.05) is 0 Å². The number of aliphatic hydroxyl groups is 1. The van der Waals surface area contributed by atoms with Gasteiger partial charge in [0.05, 0.1) is 26.4 Å². The van der Waals surface area contributed by atoms with Crippen LogP contribution in [0.25, 0.3) is 0 Å². The Labute approximate surface area is 586 Å². The third-order valence-corrected chi connectivity index (χ3v) is 19.2. The first kappa shape index (κ1) is 93.5. The third kappa shape index (κ3) is 70.0. The zero-order valence-electron chi connectivity index (χ0n) is 62.2. The van der Waals surface area contributed by atoms with Crippen molar-refractivity contribution >= 4 is 39.5 Å². The van der Waals surface area contributed by atoms with E-state index in [0.29, 0.717) is 31.6 Å². The van der Waals surface area contributed by atoms with E-state index in [-0.39, 0.29) is 25.7 Å². The van der Waals surface area contributed by atoms with Gasteiger partial charge in [0.1, 0.15) is 19.3 Å². The van der Waals surface area contributed by atoms with Crippen molar-refractivity contribution in [3.8, 4) is 0 Å². The number of ether oxygens (including phenoxy) is 4. The molecule has 0 aromatic rings. The van der Waals surface area contributed by atoms with Crippen molar-refractivity contribution in [1.82, 2.24) is 0 Å². The summed E-state index contributed by atoms with van der Waals surface area (Å²) >= 11 is 0. The van der Waals surface area contributed by atoms with Crippen molar-refractivity contribution in [3.05, 3.63) is 24.3 Å². The molecule has 5 atom stereocenters. The third-order valence-electron chi connectivity index (χ3n) is 17.3. The molecule has 0 rings (SSSR count). The number of carbonyl (C=O) groups is 4. The summed E-state index contributed by atoms with van der Waals surface area (Å²) in [7, 11) is -9.92. The predicted octanol–water partition coefficient (Wildman–Crippen LogP) is 22.3. The molecule has 96 heavy (non-hydrogen) atoms. The molecule has 0 bridgehead atoms. The van der Waals surface area contributed by atoms with Crippen LogP contribution in [-0.4, -0.2) is 96.7 Å². The average molecular weight is 1410 g/mol. The lowest BCUT2D eigenvalue weighted by molar-refractivity contribution is -0.161. The van der Waals surface area contributed by atoms with Crippen LogP contribution in [-0.2, 0) is 65.4 Å². The molecule has 0 fully saturated rings. The summed E-state index contributed by atoms with van der Waals surface area (Å²) in [5.74, 6) is -0.622. The summed E-state index contributed by atoms with van der Waals surface area (Å²) < 4.78 is 68.5. The molecular formula is C77H146O17P2. The SMILES string of the molecule is CCCCCC/C=C\C=C/CCCCCCCC(=O)OC[C@H](COP(=O)(O)OC[C@@H](O)COP(=O)(O)OC[C@@H](COC(=O)CCCCCCCCCCCCC)OC(=O)CCCCCCCCCCC(C)C)OC(=O)CCCCCCCCCCCCCCCCCCC(C)C. The number of unbranched alkanes of at least 4 members (excludes halogenated alkanes) is 41. The molecule has 0 aliphatic rings. The van der Waals surface area contributed by atoms with Crippen LogP contribution < -0.4 is 0 Å². The first-order valence-corrected chi connectivity index (χ1v) is 42.3. The van der Waals surface area contributed by atoms with Crippen LogP contribution in [0, 0.1) is 11.8 Å². The maximum Gasteiger partial charge on any atom is 0.472 e. The number of allylic oxidation sites excluding steroid dienone is 4. The summed E-state index contributed by atoms with van der Waals surface area (Å²) in [5, 5.41) is 10.6. The average Bonchev–Trinajstić information content (AvgIpc) is 1.11. The highest BCUT2D eigenvalue weighted by atomic mass is 31.2. The van der Waals surface area contributed by atoms with Gasteiger partial charge in [-0.1, -0.05) is 323 Å². The van der Waals surface area contributed by atoms with Crippen LogP contribution in [0.5, 0.6) is 0 Å². The normalized spacial score (nSPS) is 14.2. The summed E-state index contributed by atoms with van der Waals surface area (Å²) in [6.07, 6.45) is 59.1. The van der Waals surface area contributed by atoms with Crippen molar-refractivity contribution < 1.29 is 80.2 Å². The maximum absolute atomic E-state index is 13.1. The van der Waals surface area contributed by atoms with E-state index in [1.54, 1.807) is 0 Å². The monoisotopic (exact) mass is 1410 g/mol. The van der Waals surface area contributed by atoms with Gasteiger partial charge in [0.2, 0.25) is 0 Å². The predicted molar refractivity (Wildman–Crippen MR) is 391 cm³/mol. The Morgan fingerprint density at radius 3 is 0.854 bits per heavy atom. The Bertz CT molecular complexity index is 1950. The number of phosphoric acid groups is 2.